The molecule has 1 aromatic heterocycles. The van der Waals surface area contributed by atoms with Gasteiger partial charge in [-0.3, -0.25) is 4.57 Å². The van der Waals surface area contributed by atoms with Crippen molar-refractivity contribution in [3.05, 3.63) is 96.8 Å². The molecule has 2 nitrogen and oxygen atoms in total. The Morgan fingerprint density at radius 2 is 1.37 bits per heavy atom. The molecule has 134 valence electrons. The Labute approximate surface area is 161 Å². The third kappa shape index (κ3) is 3.70. The molecule has 0 amide bonds. The summed E-state index contributed by atoms with van der Waals surface area (Å²) in [6.45, 7) is 2.23. The fraction of sp³-hybridized carbons (Fsp3) is 0.160. The van der Waals surface area contributed by atoms with Gasteiger partial charge in [0.25, 0.3) is 0 Å². The predicted octanol–water partition coefficient (Wildman–Crippen LogP) is 6.55. The lowest BCUT2D eigenvalue weighted by atomic mass is 10.0. The average molecular weight is 352 g/mol. The highest BCUT2D eigenvalue weighted by atomic mass is 15.1. The maximum absolute atomic E-state index is 4.77. The van der Waals surface area contributed by atoms with Gasteiger partial charge >= 0.3 is 0 Å². The molecule has 27 heavy (non-hydrogen) atoms. The molecule has 0 spiro atoms. The van der Waals surface area contributed by atoms with E-state index < -0.39 is 0 Å². The number of hydrogen-bond acceptors (Lipinski definition) is 1. The summed E-state index contributed by atoms with van der Waals surface area (Å²) >= 11 is 0. The van der Waals surface area contributed by atoms with Crippen LogP contribution in [0.1, 0.15) is 25.3 Å². The van der Waals surface area contributed by atoms with Crippen LogP contribution in [0, 0.1) is 0 Å². The van der Waals surface area contributed by atoms with E-state index in [2.05, 4.69) is 90.4 Å². The van der Waals surface area contributed by atoms with E-state index in [1.807, 2.05) is 12.4 Å². The van der Waals surface area contributed by atoms with E-state index in [4.69, 9.17) is 4.98 Å². The first-order valence-corrected chi connectivity index (χ1v) is 9.64. The van der Waals surface area contributed by atoms with Gasteiger partial charge in [-0.25, -0.2) is 4.98 Å². The minimum Gasteiger partial charge on any atom is -0.298 e. The zero-order chi connectivity index (χ0) is 18.5. The first-order chi connectivity index (χ1) is 13.4. The molecular formula is C25H24N2. The van der Waals surface area contributed by atoms with Gasteiger partial charge in [-0.2, -0.15) is 0 Å². The second kappa shape index (κ2) is 8.05. The van der Waals surface area contributed by atoms with Crippen molar-refractivity contribution < 1.29 is 0 Å². The highest BCUT2D eigenvalue weighted by Gasteiger charge is 2.15. The fourth-order valence-electron chi connectivity index (χ4n) is 3.43. The van der Waals surface area contributed by atoms with Gasteiger partial charge in [-0.1, -0.05) is 86.1 Å². The van der Waals surface area contributed by atoms with E-state index in [9.17, 15) is 0 Å². The van der Waals surface area contributed by atoms with Gasteiger partial charge in [0.2, 0.25) is 0 Å². The molecule has 0 radical (unpaired) electrons. The van der Waals surface area contributed by atoms with Crippen LogP contribution < -0.4 is 0 Å². The SMILES string of the molecule is CCCCc1ccc(-n2cnc(-c3ccccc3)c2-c2ccccc2)cc1. The van der Waals surface area contributed by atoms with Crippen LogP contribution in [0.3, 0.4) is 0 Å². The first kappa shape index (κ1) is 17.3. The van der Waals surface area contributed by atoms with E-state index in [-0.39, 0.29) is 0 Å². The quantitative estimate of drug-likeness (QED) is 0.385. The number of hydrogen-bond donors (Lipinski definition) is 0. The number of aromatic nitrogens is 2. The van der Waals surface area contributed by atoms with Gasteiger partial charge in [0.1, 0.15) is 6.33 Å². The highest BCUT2D eigenvalue weighted by molar-refractivity contribution is 5.79. The van der Waals surface area contributed by atoms with E-state index in [0.29, 0.717) is 0 Å². The smallest absolute Gasteiger partial charge is 0.100 e. The highest BCUT2D eigenvalue weighted by Crippen LogP contribution is 2.33. The second-order valence-corrected chi connectivity index (χ2v) is 6.81. The Morgan fingerprint density at radius 3 is 2.00 bits per heavy atom. The van der Waals surface area contributed by atoms with E-state index in [1.165, 1.54) is 24.0 Å². The summed E-state index contributed by atoms with van der Waals surface area (Å²) < 4.78 is 2.20. The molecule has 4 aromatic rings. The summed E-state index contributed by atoms with van der Waals surface area (Å²) in [5.74, 6) is 0. The first-order valence-electron chi connectivity index (χ1n) is 9.64. The van der Waals surface area contributed by atoms with Crippen LogP contribution in [0.2, 0.25) is 0 Å². The number of benzene rings is 3. The van der Waals surface area contributed by atoms with E-state index in [0.717, 1.165) is 29.1 Å². The van der Waals surface area contributed by atoms with E-state index in [1.54, 1.807) is 0 Å². The molecule has 0 fully saturated rings. The monoisotopic (exact) mass is 352 g/mol. The van der Waals surface area contributed by atoms with E-state index >= 15 is 0 Å². The Balaban J connectivity index is 1.80. The lowest BCUT2D eigenvalue weighted by Crippen LogP contribution is -1.97. The number of nitrogens with zero attached hydrogens (tertiary/aromatic N) is 2. The number of unbranched alkanes of at least 4 members (excludes halogenated alkanes) is 1. The summed E-state index contributed by atoms with van der Waals surface area (Å²) in [4.78, 5) is 4.77. The van der Waals surface area contributed by atoms with Gasteiger partial charge in [-0.05, 0) is 30.5 Å². The molecule has 0 aliphatic carbocycles. The third-order valence-corrected chi connectivity index (χ3v) is 4.90. The topological polar surface area (TPSA) is 17.8 Å². The maximum Gasteiger partial charge on any atom is 0.100 e. The van der Waals surface area contributed by atoms with Crippen molar-refractivity contribution in [3.8, 4) is 28.2 Å². The molecule has 0 aliphatic heterocycles. The normalized spacial score (nSPS) is 10.9. The van der Waals surface area contributed by atoms with Crippen molar-refractivity contribution in [2.45, 2.75) is 26.2 Å². The molecule has 0 aliphatic rings. The molecular weight excluding hydrogens is 328 g/mol. The van der Waals surface area contributed by atoms with Crippen LogP contribution in [0.5, 0.6) is 0 Å². The molecule has 0 atom stereocenters. The number of rotatable bonds is 6. The van der Waals surface area contributed by atoms with Gasteiger partial charge in [0.15, 0.2) is 0 Å². The second-order valence-electron chi connectivity index (χ2n) is 6.81. The standard InChI is InChI=1S/C25H24N2/c1-2-3-10-20-15-17-23(18-16-20)27-19-26-24(21-11-6-4-7-12-21)25(27)22-13-8-5-9-14-22/h4-9,11-19H,2-3,10H2,1H3. The molecule has 0 saturated heterocycles. The van der Waals surface area contributed by atoms with Crippen LogP contribution in [0.15, 0.2) is 91.3 Å². The Morgan fingerprint density at radius 1 is 0.741 bits per heavy atom. The zero-order valence-electron chi connectivity index (χ0n) is 15.7. The van der Waals surface area contributed by atoms with Crippen molar-refractivity contribution in [2.75, 3.05) is 0 Å². The molecule has 3 aromatic carbocycles. The van der Waals surface area contributed by atoms with Crippen LogP contribution in [0.4, 0.5) is 0 Å². The lowest BCUT2D eigenvalue weighted by Gasteiger charge is -2.11. The fourth-order valence-corrected chi connectivity index (χ4v) is 3.43. The minimum atomic E-state index is 1.01. The van der Waals surface area contributed by atoms with Crippen molar-refractivity contribution in [3.63, 3.8) is 0 Å². The van der Waals surface area contributed by atoms with Crippen LogP contribution in [0.25, 0.3) is 28.2 Å². The zero-order valence-corrected chi connectivity index (χ0v) is 15.7. The van der Waals surface area contributed by atoms with Gasteiger partial charge in [-0.15, -0.1) is 0 Å². The lowest BCUT2D eigenvalue weighted by molar-refractivity contribution is 0.795. The van der Waals surface area contributed by atoms with Crippen LogP contribution in [-0.2, 0) is 6.42 Å². The third-order valence-electron chi connectivity index (χ3n) is 4.90. The number of imidazole rings is 1. The summed E-state index contributed by atoms with van der Waals surface area (Å²) in [5.41, 5.74) is 6.98. The summed E-state index contributed by atoms with van der Waals surface area (Å²) in [6.07, 6.45) is 5.53. The predicted molar refractivity (Wildman–Crippen MR) is 113 cm³/mol. The molecule has 0 unspecified atom stereocenters. The summed E-state index contributed by atoms with van der Waals surface area (Å²) in [5, 5.41) is 0. The Kier molecular flexibility index (Phi) is 5.15. The molecule has 0 bridgehead atoms. The van der Waals surface area contributed by atoms with Gasteiger partial charge < -0.3 is 0 Å². The van der Waals surface area contributed by atoms with Crippen molar-refractivity contribution in [1.82, 2.24) is 9.55 Å². The summed E-state index contributed by atoms with van der Waals surface area (Å²) in [7, 11) is 0. The average Bonchev–Trinajstić information content (AvgIpc) is 3.19. The molecule has 0 saturated carbocycles. The molecule has 0 N–H and O–H groups in total. The molecule has 4 rings (SSSR count). The Hall–Kier alpha value is -3.13. The van der Waals surface area contributed by atoms with Crippen LogP contribution in [-0.4, -0.2) is 9.55 Å². The van der Waals surface area contributed by atoms with Crippen molar-refractivity contribution in [2.24, 2.45) is 0 Å². The maximum atomic E-state index is 4.77. The molecule has 1 heterocycles. The van der Waals surface area contributed by atoms with Gasteiger partial charge in [0.05, 0.1) is 11.4 Å². The minimum absolute atomic E-state index is 1.01. The largest absolute Gasteiger partial charge is 0.298 e. The number of aryl methyl sites for hydroxylation is 1. The Bertz CT molecular complexity index is 984. The van der Waals surface area contributed by atoms with Gasteiger partial charge in [0, 0.05) is 16.8 Å². The van der Waals surface area contributed by atoms with Crippen molar-refractivity contribution >= 4 is 0 Å². The van der Waals surface area contributed by atoms with Crippen molar-refractivity contribution in [1.29, 1.82) is 0 Å². The summed E-state index contributed by atoms with van der Waals surface area (Å²) in [6, 6.07) is 29.8. The van der Waals surface area contributed by atoms with Crippen LogP contribution >= 0.6 is 0 Å². The molecule has 2 heteroatoms.